The lowest BCUT2D eigenvalue weighted by Gasteiger charge is -1.97. The topological polar surface area (TPSA) is 13.1 Å². The number of thiazole rings is 1. The number of hydrogen-bond acceptors (Lipinski definition) is 2. The first-order valence-corrected chi connectivity index (χ1v) is 6.60. The van der Waals surface area contributed by atoms with Gasteiger partial charge in [0.2, 0.25) is 5.52 Å². The molecule has 0 unspecified atom stereocenters. The number of rotatable bonds is 5. The van der Waals surface area contributed by atoms with Gasteiger partial charge >= 0.3 is 0 Å². The zero-order chi connectivity index (χ0) is 12.1. The van der Waals surface area contributed by atoms with Crippen LogP contribution in [-0.2, 0) is 17.9 Å². The van der Waals surface area contributed by atoms with E-state index in [1.807, 2.05) is 0 Å². The van der Waals surface area contributed by atoms with Gasteiger partial charge in [0.1, 0.15) is 24.5 Å². The van der Waals surface area contributed by atoms with Crippen LogP contribution in [0.1, 0.15) is 18.4 Å². The summed E-state index contributed by atoms with van der Waals surface area (Å²) >= 11 is 1.78. The average molecular weight is 282 g/mol. The molecule has 0 N–H and O–H groups in total. The molecule has 0 radical (unpaired) electrons. The fourth-order valence-electron chi connectivity index (χ4n) is 1.86. The summed E-state index contributed by atoms with van der Waals surface area (Å²) in [6.07, 6.45) is 6.30. The SMILES string of the molecule is C#CCOCc1sc2ccccc2[n+]1CCC.[Cl-]. The number of ether oxygens (including phenoxy) is 1. The Morgan fingerprint density at radius 1 is 1.39 bits per heavy atom. The third-order valence-electron chi connectivity index (χ3n) is 2.54. The largest absolute Gasteiger partial charge is 1.00 e. The summed E-state index contributed by atoms with van der Waals surface area (Å²) in [6, 6.07) is 8.46. The van der Waals surface area contributed by atoms with E-state index < -0.39 is 0 Å². The van der Waals surface area contributed by atoms with Crippen molar-refractivity contribution in [3.63, 3.8) is 0 Å². The van der Waals surface area contributed by atoms with E-state index in [9.17, 15) is 0 Å². The predicted molar refractivity (Wildman–Crippen MR) is 70.8 cm³/mol. The molecule has 0 saturated carbocycles. The number of hydrogen-bond donors (Lipinski definition) is 0. The van der Waals surface area contributed by atoms with Gasteiger partial charge < -0.3 is 17.1 Å². The van der Waals surface area contributed by atoms with Crippen LogP contribution in [-0.4, -0.2) is 6.61 Å². The van der Waals surface area contributed by atoms with E-state index >= 15 is 0 Å². The maximum atomic E-state index is 5.44. The van der Waals surface area contributed by atoms with Gasteiger partial charge in [0, 0.05) is 12.5 Å². The quantitative estimate of drug-likeness (QED) is 0.419. The van der Waals surface area contributed by atoms with Crippen LogP contribution in [0, 0.1) is 12.3 Å². The minimum atomic E-state index is 0. The number of aromatic nitrogens is 1. The Kier molecular flexibility index (Phi) is 6.14. The van der Waals surface area contributed by atoms with Crippen molar-refractivity contribution in [2.45, 2.75) is 26.5 Å². The Bertz CT molecular complexity index is 544. The van der Waals surface area contributed by atoms with Crippen LogP contribution >= 0.6 is 11.3 Å². The van der Waals surface area contributed by atoms with Gasteiger partial charge in [-0.2, -0.15) is 4.57 Å². The van der Waals surface area contributed by atoms with Gasteiger partial charge in [-0.3, -0.25) is 0 Å². The lowest BCUT2D eigenvalue weighted by Crippen LogP contribution is -3.00. The van der Waals surface area contributed by atoms with E-state index in [4.69, 9.17) is 11.2 Å². The number of nitrogens with zero attached hydrogens (tertiary/aromatic N) is 1. The summed E-state index contributed by atoms with van der Waals surface area (Å²) in [7, 11) is 0. The highest BCUT2D eigenvalue weighted by molar-refractivity contribution is 7.18. The van der Waals surface area contributed by atoms with Crippen LogP contribution < -0.4 is 17.0 Å². The third-order valence-corrected chi connectivity index (χ3v) is 3.68. The molecule has 0 atom stereocenters. The van der Waals surface area contributed by atoms with Crippen LogP contribution in [0.3, 0.4) is 0 Å². The molecule has 0 aliphatic rings. The summed E-state index contributed by atoms with van der Waals surface area (Å²) in [4.78, 5) is 0. The van der Waals surface area contributed by atoms with Crippen molar-refractivity contribution in [3.8, 4) is 12.3 Å². The lowest BCUT2D eigenvalue weighted by atomic mass is 10.3. The molecule has 0 amide bonds. The number of benzene rings is 1. The Hall–Kier alpha value is -1.08. The first-order valence-electron chi connectivity index (χ1n) is 5.78. The summed E-state index contributed by atoms with van der Waals surface area (Å²) < 4.78 is 9.07. The number of halogens is 1. The molecule has 96 valence electrons. The molecular formula is C14H16ClNOS. The summed E-state index contributed by atoms with van der Waals surface area (Å²) in [6.45, 7) is 4.19. The van der Waals surface area contributed by atoms with E-state index in [1.165, 1.54) is 15.2 Å². The Balaban J connectivity index is 0.00000162. The van der Waals surface area contributed by atoms with Crippen LogP contribution in [0.15, 0.2) is 24.3 Å². The minimum Gasteiger partial charge on any atom is -1.00 e. The van der Waals surface area contributed by atoms with Gasteiger partial charge in [0.25, 0.3) is 5.01 Å². The second-order valence-electron chi connectivity index (χ2n) is 3.81. The maximum absolute atomic E-state index is 5.44. The highest BCUT2D eigenvalue weighted by Gasteiger charge is 2.18. The number of para-hydroxylation sites is 1. The molecule has 0 aliphatic heterocycles. The second kappa shape index (κ2) is 7.38. The number of terminal acetylenes is 1. The molecule has 18 heavy (non-hydrogen) atoms. The second-order valence-corrected chi connectivity index (χ2v) is 4.93. The Morgan fingerprint density at radius 2 is 2.17 bits per heavy atom. The molecule has 0 spiro atoms. The monoisotopic (exact) mass is 281 g/mol. The van der Waals surface area contributed by atoms with Gasteiger partial charge in [0.15, 0.2) is 0 Å². The molecule has 0 bridgehead atoms. The highest BCUT2D eigenvalue weighted by Crippen LogP contribution is 2.20. The van der Waals surface area contributed by atoms with Crippen molar-refractivity contribution in [1.29, 1.82) is 0 Å². The van der Waals surface area contributed by atoms with Gasteiger partial charge in [-0.1, -0.05) is 36.3 Å². The molecule has 2 nitrogen and oxygen atoms in total. The number of fused-ring (bicyclic) bond motifs is 1. The molecule has 2 rings (SSSR count). The lowest BCUT2D eigenvalue weighted by molar-refractivity contribution is -0.676. The summed E-state index contributed by atoms with van der Waals surface area (Å²) in [5.41, 5.74) is 1.29. The molecule has 1 aromatic heterocycles. The highest BCUT2D eigenvalue weighted by atomic mass is 35.5. The van der Waals surface area contributed by atoms with Crippen LogP contribution in [0.25, 0.3) is 10.2 Å². The smallest absolute Gasteiger partial charge is 0.264 e. The number of aryl methyl sites for hydroxylation is 1. The maximum Gasteiger partial charge on any atom is 0.264 e. The fourth-order valence-corrected chi connectivity index (χ4v) is 2.98. The molecule has 1 heterocycles. The molecule has 1 aromatic carbocycles. The van der Waals surface area contributed by atoms with Gasteiger partial charge in [-0.25, -0.2) is 0 Å². The van der Waals surface area contributed by atoms with Crippen molar-refractivity contribution < 1.29 is 21.7 Å². The molecule has 0 fully saturated rings. The third kappa shape index (κ3) is 3.23. The first-order chi connectivity index (χ1) is 8.36. The van der Waals surface area contributed by atoms with Gasteiger partial charge in [-0.15, -0.1) is 6.42 Å². The Morgan fingerprint density at radius 3 is 2.89 bits per heavy atom. The van der Waals surface area contributed by atoms with E-state index in [-0.39, 0.29) is 12.4 Å². The zero-order valence-electron chi connectivity index (χ0n) is 10.4. The predicted octanol–water partition coefficient (Wildman–Crippen LogP) is -0.247. The molecular weight excluding hydrogens is 266 g/mol. The van der Waals surface area contributed by atoms with Gasteiger partial charge in [0.05, 0.1) is 0 Å². The molecule has 0 aliphatic carbocycles. The van der Waals surface area contributed by atoms with Gasteiger partial charge in [-0.05, 0) is 6.07 Å². The van der Waals surface area contributed by atoms with Crippen molar-refractivity contribution in [2.24, 2.45) is 0 Å². The average Bonchev–Trinajstić information content (AvgIpc) is 2.69. The first kappa shape index (κ1) is 15.0. The minimum absolute atomic E-state index is 0. The standard InChI is InChI=1S/C14H16NOS.ClH/c1-3-9-15-12-7-5-6-8-13(12)17-14(15)11-16-10-4-2;/h2,5-8H,3,9-11H2,1H3;1H/q+1;/p-1. The van der Waals surface area contributed by atoms with Crippen molar-refractivity contribution in [2.75, 3.05) is 6.61 Å². The molecule has 2 aromatic rings. The molecule has 4 heteroatoms. The normalized spacial score (nSPS) is 10.0. The van der Waals surface area contributed by atoms with Crippen molar-refractivity contribution in [1.82, 2.24) is 0 Å². The van der Waals surface area contributed by atoms with E-state index in [0.29, 0.717) is 13.2 Å². The molecule has 0 saturated heterocycles. The van der Waals surface area contributed by atoms with Crippen LogP contribution in [0.2, 0.25) is 0 Å². The van der Waals surface area contributed by atoms with Crippen molar-refractivity contribution >= 4 is 21.6 Å². The van der Waals surface area contributed by atoms with Crippen LogP contribution in [0.5, 0.6) is 0 Å². The fraction of sp³-hybridized carbons (Fsp3) is 0.357. The zero-order valence-corrected chi connectivity index (χ0v) is 11.9. The summed E-state index contributed by atoms with van der Waals surface area (Å²) in [5, 5.41) is 1.24. The van der Waals surface area contributed by atoms with E-state index in [0.717, 1.165) is 13.0 Å². The Labute approximate surface area is 118 Å². The van der Waals surface area contributed by atoms with Crippen molar-refractivity contribution in [3.05, 3.63) is 29.3 Å². The van der Waals surface area contributed by atoms with E-state index in [2.05, 4.69) is 41.7 Å². The summed E-state index contributed by atoms with van der Waals surface area (Å²) in [5.74, 6) is 2.50. The van der Waals surface area contributed by atoms with E-state index in [1.54, 1.807) is 11.3 Å². The van der Waals surface area contributed by atoms with Crippen LogP contribution in [0.4, 0.5) is 0 Å².